The Labute approximate surface area is 115 Å². The molecule has 1 N–H and O–H groups in total. The molecule has 0 aliphatic heterocycles. The van der Waals surface area contributed by atoms with E-state index >= 15 is 0 Å². The highest BCUT2D eigenvalue weighted by Crippen LogP contribution is 2.20. The summed E-state index contributed by atoms with van der Waals surface area (Å²) in [4.78, 5) is 12.7. The van der Waals surface area contributed by atoms with Gasteiger partial charge in [-0.05, 0) is 25.1 Å². The van der Waals surface area contributed by atoms with Crippen molar-refractivity contribution in [1.29, 1.82) is 0 Å². The summed E-state index contributed by atoms with van der Waals surface area (Å²) in [5.41, 5.74) is 0.217. The number of nitrogens with zero attached hydrogens (tertiary/aromatic N) is 1. The highest BCUT2D eigenvalue weighted by Gasteiger charge is 2.16. The van der Waals surface area contributed by atoms with Crippen molar-refractivity contribution in [2.24, 2.45) is 7.05 Å². The van der Waals surface area contributed by atoms with Crippen molar-refractivity contribution in [2.45, 2.75) is 17.7 Å². The summed E-state index contributed by atoms with van der Waals surface area (Å²) >= 11 is 1.20. The van der Waals surface area contributed by atoms with Crippen molar-refractivity contribution in [3.05, 3.63) is 51.3 Å². The van der Waals surface area contributed by atoms with Crippen LogP contribution in [0.1, 0.15) is 10.4 Å². The fourth-order valence-corrected chi connectivity index (χ4v) is 3.92. The minimum absolute atomic E-state index is 0.00715. The first-order chi connectivity index (χ1) is 8.90. The Bertz CT molecular complexity index is 744. The van der Waals surface area contributed by atoms with Crippen LogP contribution in [0, 0.1) is 6.92 Å². The Morgan fingerprint density at radius 3 is 2.68 bits per heavy atom. The summed E-state index contributed by atoms with van der Waals surface area (Å²) < 4.78 is 28.1. The summed E-state index contributed by atoms with van der Waals surface area (Å²) in [6, 6.07) is 6.64. The second-order valence-corrected chi connectivity index (χ2v) is 7.42. The van der Waals surface area contributed by atoms with Gasteiger partial charge in [-0.25, -0.2) is 13.1 Å². The van der Waals surface area contributed by atoms with Crippen LogP contribution in [0.4, 0.5) is 0 Å². The highest BCUT2D eigenvalue weighted by atomic mass is 32.2. The molecular formula is C12H14N2O3S2. The highest BCUT2D eigenvalue weighted by molar-refractivity contribution is 7.91. The fraction of sp³-hybridized carbons (Fsp3) is 0.250. The van der Waals surface area contributed by atoms with Crippen LogP contribution in [0.2, 0.25) is 0 Å². The first-order valence-corrected chi connectivity index (χ1v) is 7.91. The van der Waals surface area contributed by atoms with Gasteiger partial charge in [0.15, 0.2) is 0 Å². The zero-order chi connectivity index (χ0) is 14.0. The maximum absolute atomic E-state index is 12.0. The van der Waals surface area contributed by atoms with Crippen molar-refractivity contribution in [3.63, 3.8) is 0 Å². The van der Waals surface area contributed by atoms with Gasteiger partial charge in [0.05, 0.1) is 0 Å². The Balaban J connectivity index is 2.19. The normalized spacial score (nSPS) is 11.7. The molecule has 0 amide bonds. The predicted octanol–water partition coefficient (Wildman–Crippen LogP) is 1.23. The molecule has 7 heteroatoms. The third-order valence-corrected chi connectivity index (χ3v) is 5.53. The SMILES string of the molecule is Cc1ccc(S(=O)(=O)NCc2cccn(C)c2=O)s1. The molecule has 0 saturated heterocycles. The van der Waals surface area contributed by atoms with Gasteiger partial charge < -0.3 is 4.57 Å². The van der Waals surface area contributed by atoms with E-state index in [-0.39, 0.29) is 16.3 Å². The lowest BCUT2D eigenvalue weighted by Crippen LogP contribution is -2.28. The molecule has 0 unspecified atom stereocenters. The van der Waals surface area contributed by atoms with Crippen LogP contribution in [-0.2, 0) is 23.6 Å². The number of sulfonamides is 1. The first kappa shape index (κ1) is 14.0. The van der Waals surface area contributed by atoms with Gasteiger partial charge in [0.25, 0.3) is 5.56 Å². The summed E-state index contributed by atoms with van der Waals surface area (Å²) in [6.07, 6.45) is 1.63. The lowest BCUT2D eigenvalue weighted by atomic mass is 10.3. The zero-order valence-electron chi connectivity index (χ0n) is 10.6. The number of aromatic nitrogens is 1. The third kappa shape index (κ3) is 3.12. The molecule has 0 bridgehead atoms. The van der Waals surface area contributed by atoms with E-state index in [2.05, 4.69) is 4.72 Å². The minimum atomic E-state index is -3.55. The third-order valence-electron chi connectivity index (χ3n) is 2.64. The van der Waals surface area contributed by atoms with Gasteiger partial charge in [0.2, 0.25) is 10.0 Å². The number of aryl methyl sites for hydroxylation is 2. The van der Waals surface area contributed by atoms with E-state index in [1.54, 1.807) is 37.5 Å². The Morgan fingerprint density at radius 1 is 1.32 bits per heavy atom. The van der Waals surface area contributed by atoms with Crippen molar-refractivity contribution >= 4 is 21.4 Å². The summed E-state index contributed by atoms with van der Waals surface area (Å²) in [7, 11) is -1.92. The molecule has 2 aromatic heterocycles. The van der Waals surface area contributed by atoms with Crippen LogP contribution in [-0.4, -0.2) is 13.0 Å². The number of hydrogen-bond acceptors (Lipinski definition) is 4. The molecule has 0 saturated carbocycles. The second kappa shape index (κ2) is 5.28. The van der Waals surface area contributed by atoms with Crippen LogP contribution in [0.15, 0.2) is 39.5 Å². The number of nitrogens with one attached hydrogen (secondary N) is 1. The van der Waals surface area contributed by atoms with Crippen molar-refractivity contribution in [1.82, 2.24) is 9.29 Å². The van der Waals surface area contributed by atoms with Gasteiger partial charge in [0, 0.05) is 30.2 Å². The molecule has 0 spiro atoms. The molecule has 2 rings (SSSR count). The molecule has 0 fully saturated rings. The van der Waals surface area contributed by atoms with Gasteiger partial charge in [-0.15, -0.1) is 11.3 Å². The Kier molecular flexibility index (Phi) is 3.88. The average molecular weight is 298 g/mol. The molecule has 0 aliphatic rings. The van der Waals surface area contributed by atoms with Crippen LogP contribution in [0.5, 0.6) is 0 Å². The van der Waals surface area contributed by atoms with E-state index in [4.69, 9.17) is 0 Å². The number of pyridine rings is 1. The van der Waals surface area contributed by atoms with Gasteiger partial charge in [-0.3, -0.25) is 4.79 Å². The monoisotopic (exact) mass is 298 g/mol. The van der Waals surface area contributed by atoms with Crippen LogP contribution < -0.4 is 10.3 Å². The standard InChI is InChI=1S/C12H14N2O3S2/c1-9-5-6-11(18-9)19(16,17)13-8-10-4-3-7-14(2)12(10)15/h3-7,13H,8H2,1-2H3. The van der Waals surface area contributed by atoms with Gasteiger partial charge in [-0.2, -0.15) is 0 Å². The maximum Gasteiger partial charge on any atom is 0.254 e. The summed E-state index contributed by atoms with van der Waals surface area (Å²) in [6.45, 7) is 1.84. The molecule has 0 atom stereocenters. The van der Waals surface area contributed by atoms with E-state index in [1.807, 2.05) is 6.92 Å². The predicted molar refractivity (Wildman–Crippen MR) is 74.8 cm³/mol. The van der Waals surface area contributed by atoms with E-state index in [9.17, 15) is 13.2 Å². The van der Waals surface area contributed by atoms with E-state index in [0.29, 0.717) is 5.56 Å². The minimum Gasteiger partial charge on any atom is -0.318 e. The molecule has 0 aliphatic carbocycles. The van der Waals surface area contributed by atoms with Gasteiger partial charge in [-0.1, -0.05) is 6.07 Å². The molecule has 2 heterocycles. The lowest BCUT2D eigenvalue weighted by molar-refractivity contribution is 0.583. The molecule has 0 radical (unpaired) electrons. The molecule has 0 aromatic carbocycles. The topological polar surface area (TPSA) is 68.2 Å². The van der Waals surface area contributed by atoms with Crippen LogP contribution >= 0.6 is 11.3 Å². The van der Waals surface area contributed by atoms with E-state index in [0.717, 1.165) is 4.88 Å². The smallest absolute Gasteiger partial charge is 0.254 e. The van der Waals surface area contributed by atoms with Crippen molar-refractivity contribution in [2.75, 3.05) is 0 Å². The largest absolute Gasteiger partial charge is 0.318 e. The fourth-order valence-electron chi connectivity index (χ4n) is 1.59. The van der Waals surface area contributed by atoms with Gasteiger partial charge >= 0.3 is 0 Å². The molecule has 102 valence electrons. The van der Waals surface area contributed by atoms with Crippen LogP contribution in [0.25, 0.3) is 0 Å². The number of hydrogen-bond donors (Lipinski definition) is 1. The average Bonchev–Trinajstić information content (AvgIpc) is 2.79. The zero-order valence-corrected chi connectivity index (χ0v) is 12.2. The summed E-state index contributed by atoms with van der Waals surface area (Å²) in [5, 5.41) is 0. The van der Waals surface area contributed by atoms with Crippen molar-refractivity contribution < 1.29 is 8.42 Å². The lowest BCUT2D eigenvalue weighted by Gasteiger charge is -2.05. The molecule has 19 heavy (non-hydrogen) atoms. The van der Waals surface area contributed by atoms with E-state index in [1.165, 1.54) is 15.9 Å². The molecule has 2 aromatic rings. The number of thiophene rings is 1. The molecular weight excluding hydrogens is 284 g/mol. The quantitative estimate of drug-likeness (QED) is 0.923. The Morgan fingerprint density at radius 2 is 2.05 bits per heavy atom. The first-order valence-electron chi connectivity index (χ1n) is 5.61. The number of rotatable bonds is 4. The van der Waals surface area contributed by atoms with Gasteiger partial charge in [0.1, 0.15) is 4.21 Å². The van der Waals surface area contributed by atoms with Crippen LogP contribution in [0.3, 0.4) is 0 Å². The van der Waals surface area contributed by atoms with E-state index < -0.39 is 10.0 Å². The maximum atomic E-state index is 12.0. The Hall–Kier alpha value is -1.44. The molecule has 5 nitrogen and oxygen atoms in total. The van der Waals surface area contributed by atoms with Crippen molar-refractivity contribution in [3.8, 4) is 0 Å². The summed E-state index contributed by atoms with van der Waals surface area (Å²) in [5.74, 6) is 0. The second-order valence-electron chi connectivity index (χ2n) is 4.14.